The Morgan fingerprint density at radius 2 is 2.18 bits per heavy atom. The van der Waals surface area contributed by atoms with Crippen LogP contribution in [-0.4, -0.2) is 45.1 Å². The molecular weight excluding hydrogens is 312 g/mol. The summed E-state index contributed by atoms with van der Waals surface area (Å²) in [6.45, 7) is 1.88. The zero-order valence-electron chi connectivity index (χ0n) is 11.9. The number of anilines is 1. The molecule has 1 aliphatic rings. The van der Waals surface area contributed by atoms with E-state index in [0.29, 0.717) is 18.0 Å². The molecule has 120 valence electrons. The summed E-state index contributed by atoms with van der Waals surface area (Å²) >= 11 is 0. The molecule has 0 bridgehead atoms. The Labute approximate surface area is 127 Å². The highest BCUT2D eigenvalue weighted by Crippen LogP contribution is 2.33. The summed E-state index contributed by atoms with van der Waals surface area (Å²) < 4.78 is 31.7. The molecular formula is C13H16N2O6S. The molecule has 22 heavy (non-hydrogen) atoms. The minimum absolute atomic E-state index is 0.0478. The van der Waals surface area contributed by atoms with Gasteiger partial charge in [0.1, 0.15) is 5.75 Å². The summed E-state index contributed by atoms with van der Waals surface area (Å²) in [4.78, 5) is 23.6. The van der Waals surface area contributed by atoms with Gasteiger partial charge in [-0.3, -0.25) is 9.59 Å². The van der Waals surface area contributed by atoms with E-state index in [0.717, 1.165) is 0 Å². The molecule has 0 aliphatic carbocycles. The Hall–Kier alpha value is -2.13. The van der Waals surface area contributed by atoms with E-state index >= 15 is 0 Å². The van der Waals surface area contributed by atoms with Crippen molar-refractivity contribution in [3.05, 3.63) is 18.2 Å². The number of carbonyl (C=O) groups is 2. The van der Waals surface area contributed by atoms with Crippen LogP contribution in [0.3, 0.4) is 0 Å². The van der Waals surface area contributed by atoms with Gasteiger partial charge in [0.2, 0.25) is 10.0 Å². The number of carboxylic acid groups (broad SMARTS) is 1. The number of nitrogens with one attached hydrogen (secondary N) is 1. The van der Waals surface area contributed by atoms with Crippen LogP contribution in [0.5, 0.6) is 5.75 Å². The van der Waals surface area contributed by atoms with Crippen LogP contribution in [0.2, 0.25) is 0 Å². The van der Waals surface area contributed by atoms with Gasteiger partial charge in [0, 0.05) is 13.1 Å². The molecule has 1 aromatic rings. The van der Waals surface area contributed by atoms with E-state index in [1.165, 1.54) is 23.1 Å². The SMILES string of the molecule is CCN1C(=O)COc2ccc(S(=O)(=O)NCCC(=O)O)cc21. The Bertz CT molecular complexity index is 700. The number of amides is 1. The molecule has 0 fully saturated rings. The van der Waals surface area contributed by atoms with E-state index in [9.17, 15) is 18.0 Å². The Morgan fingerprint density at radius 3 is 2.82 bits per heavy atom. The topological polar surface area (TPSA) is 113 Å². The molecule has 1 heterocycles. The lowest BCUT2D eigenvalue weighted by molar-refractivity contribution is -0.136. The van der Waals surface area contributed by atoms with E-state index in [-0.39, 0.29) is 30.4 Å². The minimum Gasteiger partial charge on any atom is -0.482 e. The summed E-state index contributed by atoms with van der Waals surface area (Å²) in [7, 11) is -3.85. The number of benzene rings is 1. The van der Waals surface area contributed by atoms with Gasteiger partial charge >= 0.3 is 5.97 Å². The summed E-state index contributed by atoms with van der Waals surface area (Å²) in [5.74, 6) is -0.904. The molecule has 0 saturated heterocycles. The highest BCUT2D eigenvalue weighted by Gasteiger charge is 2.26. The molecule has 8 nitrogen and oxygen atoms in total. The van der Waals surface area contributed by atoms with E-state index in [2.05, 4.69) is 4.72 Å². The van der Waals surface area contributed by atoms with Crippen LogP contribution in [0.1, 0.15) is 13.3 Å². The lowest BCUT2D eigenvalue weighted by atomic mass is 10.2. The standard InChI is InChI=1S/C13H16N2O6S/c1-2-15-10-7-9(3-4-11(10)21-8-12(15)16)22(19,20)14-6-5-13(17)18/h3-4,7,14H,2,5-6,8H2,1H3,(H,17,18). The van der Waals surface area contributed by atoms with Gasteiger partial charge < -0.3 is 14.7 Å². The van der Waals surface area contributed by atoms with Crippen molar-refractivity contribution < 1.29 is 27.9 Å². The van der Waals surface area contributed by atoms with E-state index < -0.39 is 16.0 Å². The predicted molar refractivity (Wildman–Crippen MR) is 77.4 cm³/mol. The van der Waals surface area contributed by atoms with Gasteiger partial charge in [0.15, 0.2) is 6.61 Å². The van der Waals surface area contributed by atoms with Crippen LogP contribution in [0.4, 0.5) is 5.69 Å². The average molecular weight is 328 g/mol. The van der Waals surface area contributed by atoms with Crippen LogP contribution in [0.25, 0.3) is 0 Å². The van der Waals surface area contributed by atoms with Crippen LogP contribution in [-0.2, 0) is 19.6 Å². The molecule has 0 saturated carbocycles. The van der Waals surface area contributed by atoms with Crippen molar-refractivity contribution in [3.8, 4) is 5.75 Å². The molecule has 0 unspecified atom stereocenters. The van der Waals surface area contributed by atoms with Gasteiger partial charge in [0.25, 0.3) is 5.91 Å². The smallest absolute Gasteiger partial charge is 0.304 e. The van der Waals surface area contributed by atoms with Gasteiger partial charge in [-0.2, -0.15) is 0 Å². The van der Waals surface area contributed by atoms with Gasteiger partial charge in [-0.15, -0.1) is 0 Å². The highest BCUT2D eigenvalue weighted by molar-refractivity contribution is 7.89. The number of carboxylic acids is 1. The van der Waals surface area contributed by atoms with Gasteiger partial charge in [-0.1, -0.05) is 0 Å². The van der Waals surface area contributed by atoms with Crippen molar-refractivity contribution in [2.75, 3.05) is 24.6 Å². The second kappa shape index (κ2) is 6.32. The third-order valence-electron chi connectivity index (χ3n) is 3.13. The highest BCUT2D eigenvalue weighted by atomic mass is 32.2. The number of hydrogen-bond donors (Lipinski definition) is 2. The number of rotatable bonds is 6. The number of likely N-dealkylation sites (N-methyl/N-ethyl adjacent to an activating group) is 1. The second-order valence-electron chi connectivity index (χ2n) is 4.60. The number of nitrogens with zero attached hydrogens (tertiary/aromatic N) is 1. The number of carbonyl (C=O) groups excluding carboxylic acids is 1. The lowest BCUT2D eigenvalue weighted by Gasteiger charge is -2.28. The first-order valence-corrected chi connectivity index (χ1v) is 8.12. The molecule has 9 heteroatoms. The van der Waals surface area contributed by atoms with E-state index in [1.807, 2.05) is 0 Å². The van der Waals surface area contributed by atoms with Crippen LogP contribution in [0, 0.1) is 0 Å². The fourth-order valence-electron chi connectivity index (χ4n) is 2.07. The zero-order chi connectivity index (χ0) is 16.3. The fourth-order valence-corrected chi connectivity index (χ4v) is 3.12. The molecule has 1 amide bonds. The van der Waals surface area contributed by atoms with Crippen LogP contribution in [0.15, 0.2) is 23.1 Å². The summed E-state index contributed by atoms with van der Waals surface area (Å²) in [6.07, 6.45) is -0.313. The third kappa shape index (κ3) is 3.37. The number of sulfonamides is 1. The maximum Gasteiger partial charge on any atom is 0.304 e. The molecule has 0 aromatic heterocycles. The number of aliphatic carboxylic acids is 1. The first kappa shape index (κ1) is 16.2. The quantitative estimate of drug-likeness (QED) is 0.770. The van der Waals surface area contributed by atoms with Crippen molar-refractivity contribution in [2.24, 2.45) is 0 Å². The van der Waals surface area contributed by atoms with Crippen molar-refractivity contribution in [3.63, 3.8) is 0 Å². The van der Waals surface area contributed by atoms with Gasteiger partial charge in [0.05, 0.1) is 17.0 Å². The maximum absolute atomic E-state index is 12.1. The molecule has 0 spiro atoms. The normalized spacial score (nSPS) is 14.4. The Balaban J connectivity index is 2.28. The van der Waals surface area contributed by atoms with Crippen molar-refractivity contribution in [1.82, 2.24) is 4.72 Å². The van der Waals surface area contributed by atoms with Crippen molar-refractivity contribution >= 4 is 27.6 Å². The summed E-state index contributed by atoms with van der Waals surface area (Å²) in [5, 5.41) is 8.54. The molecule has 0 atom stereocenters. The molecule has 1 aliphatic heterocycles. The van der Waals surface area contributed by atoms with Gasteiger partial charge in [-0.05, 0) is 25.1 Å². The second-order valence-corrected chi connectivity index (χ2v) is 6.36. The summed E-state index contributed by atoms with van der Waals surface area (Å²) in [6, 6.07) is 4.18. The first-order valence-electron chi connectivity index (χ1n) is 6.64. The van der Waals surface area contributed by atoms with Crippen molar-refractivity contribution in [2.45, 2.75) is 18.2 Å². The van der Waals surface area contributed by atoms with E-state index in [1.54, 1.807) is 6.92 Å². The number of ether oxygens (including phenoxy) is 1. The maximum atomic E-state index is 12.1. The molecule has 0 radical (unpaired) electrons. The number of hydrogen-bond acceptors (Lipinski definition) is 5. The van der Waals surface area contributed by atoms with Crippen molar-refractivity contribution in [1.29, 1.82) is 0 Å². The third-order valence-corrected chi connectivity index (χ3v) is 4.59. The Kier molecular flexibility index (Phi) is 4.67. The monoisotopic (exact) mass is 328 g/mol. The van der Waals surface area contributed by atoms with Crippen LogP contribution >= 0.6 is 0 Å². The fraction of sp³-hybridized carbons (Fsp3) is 0.385. The first-order chi connectivity index (χ1) is 10.3. The van der Waals surface area contributed by atoms with Gasteiger partial charge in [-0.25, -0.2) is 13.1 Å². The molecule has 1 aromatic carbocycles. The number of fused-ring (bicyclic) bond motifs is 1. The largest absolute Gasteiger partial charge is 0.482 e. The molecule has 2 rings (SSSR count). The lowest BCUT2D eigenvalue weighted by Crippen LogP contribution is -2.38. The minimum atomic E-state index is -3.85. The summed E-state index contributed by atoms with van der Waals surface area (Å²) in [5.41, 5.74) is 0.389. The zero-order valence-corrected chi connectivity index (χ0v) is 12.7. The van der Waals surface area contributed by atoms with Crippen LogP contribution < -0.4 is 14.4 Å². The predicted octanol–water partition coefficient (Wildman–Crippen LogP) is 0.185. The Morgan fingerprint density at radius 1 is 1.45 bits per heavy atom. The van der Waals surface area contributed by atoms with E-state index in [4.69, 9.17) is 9.84 Å². The molecule has 2 N–H and O–H groups in total. The average Bonchev–Trinajstić information content (AvgIpc) is 2.46.